The molecule has 0 saturated heterocycles. The van der Waals surface area contributed by atoms with Crippen LogP contribution in [0.25, 0.3) is 11.0 Å². The summed E-state index contributed by atoms with van der Waals surface area (Å²) in [5.41, 5.74) is 0.713. The highest BCUT2D eigenvalue weighted by atomic mass is 35.5. The van der Waals surface area contributed by atoms with Gasteiger partial charge in [0, 0.05) is 23.6 Å². The Morgan fingerprint density at radius 1 is 1.30 bits per heavy atom. The van der Waals surface area contributed by atoms with Crippen molar-refractivity contribution in [3.05, 3.63) is 39.2 Å². The molecule has 2 rings (SSSR count). The Hall–Kier alpha value is -2.01. The fraction of sp³-hybridized carbons (Fsp3) is 0.412. The highest BCUT2D eigenvalue weighted by Gasteiger charge is 2.13. The lowest BCUT2D eigenvalue weighted by Gasteiger charge is -2.17. The van der Waals surface area contributed by atoms with Crippen LogP contribution >= 0.6 is 11.6 Å². The molecule has 1 atom stereocenters. The number of rotatable bonds is 5. The van der Waals surface area contributed by atoms with Gasteiger partial charge in [-0.25, -0.2) is 4.79 Å². The summed E-state index contributed by atoms with van der Waals surface area (Å²) in [5, 5.41) is 3.94. The number of nitrogens with one attached hydrogen (secondary N) is 1. The van der Waals surface area contributed by atoms with Crippen LogP contribution in [-0.4, -0.2) is 18.6 Å². The normalized spacial score (nSPS) is 12.4. The van der Waals surface area contributed by atoms with Gasteiger partial charge in [-0.05, 0) is 31.4 Å². The van der Waals surface area contributed by atoms with Crippen LogP contribution in [0.2, 0.25) is 5.02 Å². The number of aryl methyl sites for hydroxylation is 1. The maximum Gasteiger partial charge on any atom is 0.336 e. The summed E-state index contributed by atoms with van der Waals surface area (Å²) in [4.78, 5) is 23.3. The van der Waals surface area contributed by atoms with E-state index in [0.717, 1.165) is 10.9 Å². The second kappa shape index (κ2) is 7.04. The maximum atomic E-state index is 11.9. The molecule has 1 amide bonds. The molecule has 1 heterocycles. The van der Waals surface area contributed by atoms with Crippen LogP contribution in [0.1, 0.15) is 26.3 Å². The summed E-state index contributed by atoms with van der Waals surface area (Å²) in [6.07, 6.45) is 0. The van der Waals surface area contributed by atoms with Gasteiger partial charge >= 0.3 is 5.63 Å². The molecule has 0 bridgehead atoms. The summed E-state index contributed by atoms with van der Waals surface area (Å²) in [6, 6.07) is 4.66. The molecule has 124 valence electrons. The first-order valence-corrected chi connectivity index (χ1v) is 7.82. The molecule has 0 aliphatic heterocycles. The molecule has 0 fully saturated rings. The Balaban J connectivity index is 2.16. The summed E-state index contributed by atoms with van der Waals surface area (Å²) < 4.78 is 10.6. The van der Waals surface area contributed by atoms with E-state index >= 15 is 0 Å². The van der Waals surface area contributed by atoms with Crippen LogP contribution in [0.5, 0.6) is 5.75 Å². The molecule has 23 heavy (non-hydrogen) atoms. The molecule has 1 aromatic carbocycles. The largest absolute Gasteiger partial charge is 0.482 e. The van der Waals surface area contributed by atoms with Gasteiger partial charge in [0.2, 0.25) is 0 Å². The van der Waals surface area contributed by atoms with Crippen molar-refractivity contribution in [2.24, 2.45) is 5.92 Å². The van der Waals surface area contributed by atoms with Gasteiger partial charge in [0.1, 0.15) is 11.3 Å². The number of fused-ring (bicyclic) bond motifs is 1. The van der Waals surface area contributed by atoms with Gasteiger partial charge in [-0.3, -0.25) is 4.79 Å². The van der Waals surface area contributed by atoms with Crippen LogP contribution in [0, 0.1) is 12.8 Å². The van der Waals surface area contributed by atoms with Gasteiger partial charge in [0.25, 0.3) is 5.91 Å². The SMILES string of the molecule is Cc1cc(=O)oc2cc(OCC(=O)N[C@H](C)C(C)C)c(Cl)cc12. The first kappa shape index (κ1) is 17.3. The minimum atomic E-state index is -0.438. The Labute approximate surface area is 139 Å². The molecule has 0 unspecified atom stereocenters. The molecule has 1 aromatic heterocycles. The quantitative estimate of drug-likeness (QED) is 0.850. The molecule has 0 saturated carbocycles. The second-order valence-electron chi connectivity index (χ2n) is 5.92. The number of benzene rings is 1. The van der Waals surface area contributed by atoms with Gasteiger partial charge in [-0.2, -0.15) is 0 Å². The Bertz CT molecular complexity index is 782. The number of carbonyl (C=O) groups excluding carboxylic acids is 1. The third-order valence-electron chi connectivity index (χ3n) is 3.75. The van der Waals surface area contributed by atoms with Gasteiger partial charge in [0.05, 0.1) is 5.02 Å². The van der Waals surface area contributed by atoms with E-state index < -0.39 is 5.63 Å². The van der Waals surface area contributed by atoms with Crippen LogP contribution in [-0.2, 0) is 4.79 Å². The summed E-state index contributed by atoms with van der Waals surface area (Å²) in [7, 11) is 0. The van der Waals surface area contributed by atoms with Gasteiger partial charge in [-0.1, -0.05) is 25.4 Å². The second-order valence-corrected chi connectivity index (χ2v) is 6.32. The highest BCUT2D eigenvalue weighted by Crippen LogP contribution is 2.30. The van der Waals surface area contributed by atoms with Crippen molar-refractivity contribution in [1.82, 2.24) is 5.32 Å². The highest BCUT2D eigenvalue weighted by molar-refractivity contribution is 6.32. The zero-order valence-corrected chi connectivity index (χ0v) is 14.4. The average molecular weight is 338 g/mol. The molecule has 5 nitrogen and oxygen atoms in total. The Morgan fingerprint density at radius 3 is 2.65 bits per heavy atom. The van der Waals surface area contributed by atoms with Crippen LogP contribution in [0.4, 0.5) is 0 Å². The first-order valence-electron chi connectivity index (χ1n) is 7.44. The lowest BCUT2D eigenvalue weighted by atomic mass is 10.1. The molecule has 0 radical (unpaired) electrons. The van der Waals surface area contributed by atoms with Gasteiger partial charge < -0.3 is 14.5 Å². The zero-order valence-electron chi connectivity index (χ0n) is 13.6. The molecule has 0 aliphatic rings. The van der Waals surface area contributed by atoms with E-state index in [1.807, 2.05) is 20.8 Å². The van der Waals surface area contributed by atoms with Crippen molar-refractivity contribution >= 4 is 28.5 Å². The number of halogens is 1. The predicted molar refractivity (Wildman–Crippen MR) is 90.2 cm³/mol. The van der Waals surface area contributed by atoms with Crippen molar-refractivity contribution in [2.75, 3.05) is 6.61 Å². The van der Waals surface area contributed by atoms with Crippen LogP contribution < -0.4 is 15.7 Å². The number of hydrogen-bond acceptors (Lipinski definition) is 4. The Kier molecular flexibility index (Phi) is 5.31. The van der Waals surface area contributed by atoms with Crippen molar-refractivity contribution in [3.8, 4) is 5.75 Å². The average Bonchev–Trinajstić information content (AvgIpc) is 2.45. The van der Waals surface area contributed by atoms with Crippen molar-refractivity contribution in [1.29, 1.82) is 0 Å². The standard InChI is InChI=1S/C17H20ClNO4/c1-9(2)11(4)19-16(20)8-22-15-7-14-12(6-13(15)18)10(3)5-17(21)23-14/h5-7,9,11H,8H2,1-4H3,(H,19,20)/t11-/m1/s1. The molecule has 0 spiro atoms. The number of carbonyl (C=O) groups is 1. The van der Waals surface area contributed by atoms with E-state index in [1.54, 1.807) is 13.0 Å². The summed E-state index contributed by atoms with van der Waals surface area (Å²) in [6.45, 7) is 7.63. The van der Waals surface area contributed by atoms with Crippen LogP contribution in [0.15, 0.2) is 27.4 Å². The van der Waals surface area contributed by atoms with E-state index in [0.29, 0.717) is 22.3 Å². The molecular weight excluding hydrogens is 318 g/mol. The third kappa shape index (κ3) is 4.26. The summed E-state index contributed by atoms with van der Waals surface area (Å²) in [5.74, 6) is 0.411. The summed E-state index contributed by atoms with van der Waals surface area (Å²) >= 11 is 6.18. The lowest BCUT2D eigenvalue weighted by molar-refractivity contribution is -0.124. The smallest absolute Gasteiger partial charge is 0.336 e. The topological polar surface area (TPSA) is 68.5 Å². The number of amides is 1. The molecule has 2 aromatic rings. The van der Waals surface area contributed by atoms with Crippen molar-refractivity contribution < 1.29 is 13.9 Å². The van der Waals surface area contributed by atoms with Crippen molar-refractivity contribution in [2.45, 2.75) is 33.7 Å². The third-order valence-corrected chi connectivity index (χ3v) is 4.05. The lowest BCUT2D eigenvalue weighted by Crippen LogP contribution is -2.38. The van der Waals surface area contributed by atoms with Crippen molar-refractivity contribution in [3.63, 3.8) is 0 Å². The van der Waals surface area contributed by atoms with Gasteiger partial charge in [0.15, 0.2) is 6.61 Å². The monoisotopic (exact) mass is 337 g/mol. The molecule has 1 N–H and O–H groups in total. The molecule has 6 heteroatoms. The zero-order chi connectivity index (χ0) is 17.1. The van der Waals surface area contributed by atoms with E-state index in [1.165, 1.54) is 12.1 Å². The minimum Gasteiger partial charge on any atom is -0.482 e. The predicted octanol–water partition coefficient (Wildman–Crippen LogP) is 3.29. The maximum absolute atomic E-state index is 11.9. The number of ether oxygens (including phenoxy) is 1. The minimum absolute atomic E-state index is 0.0545. The van der Waals surface area contributed by atoms with E-state index in [9.17, 15) is 9.59 Å². The number of hydrogen-bond donors (Lipinski definition) is 1. The fourth-order valence-corrected chi connectivity index (χ4v) is 2.25. The van der Waals surface area contributed by atoms with E-state index in [2.05, 4.69) is 5.32 Å². The Morgan fingerprint density at radius 2 is 2.00 bits per heavy atom. The van der Waals surface area contributed by atoms with Crippen LogP contribution in [0.3, 0.4) is 0 Å². The van der Waals surface area contributed by atoms with E-state index in [4.69, 9.17) is 20.8 Å². The van der Waals surface area contributed by atoms with E-state index in [-0.39, 0.29) is 18.6 Å². The molecular formula is C17H20ClNO4. The fourth-order valence-electron chi connectivity index (χ4n) is 2.04. The first-order chi connectivity index (χ1) is 10.8. The molecule has 0 aliphatic carbocycles. The van der Waals surface area contributed by atoms with Gasteiger partial charge in [-0.15, -0.1) is 0 Å².